The van der Waals surface area contributed by atoms with E-state index in [2.05, 4.69) is 10.4 Å². The number of carbonyl (C=O) groups excluding carboxylic acids is 2. The minimum Gasteiger partial charge on any atom is -0.354 e. The molecule has 1 N–H and O–H groups in total. The van der Waals surface area contributed by atoms with Gasteiger partial charge in [0.05, 0.1) is 11.4 Å². The molecule has 0 spiro atoms. The summed E-state index contributed by atoms with van der Waals surface area (Å²) in [5.41, 5.74) is 4.19. The number of aryl methyl sites for hydroxylation is 1. The third-order valence-electron chi connectivity index (χ3n) is 4.70. The fraction of sp³-hybridized carbons (Fsp3) is 0.421. The van der Waals surface area contributed by atoms with Crippen molar-refractivity contribution in [2.24, 2.45) is 0 Å². The monoisotopic (exact) mass is 340 g/mol. The second kappa shape index (κ2) is 7.51. The molecule has 1 aliphatic rings. The highest BCUT2D eigenvalue weighted by Gasteiger charge is 2.20. The molecule has 2 aromatic rings. The molecule has 0 bridgehead atoms. The van der Waals surface area contributed by atoms with Crippen LogP contribution in [0.25, 0.3) is 5.69 Å². The van der Waals surface area contributed by atoms with Gasteiger partial charge in [-0.3, -0.25) is 9.59 Å². The Hall–Kier alpha value is -2.63. The summed E-state index contributed by atoms with van der Waals surface area (Å²) in [5, 5.41) is 7.43. The molecular formula is C19H24N4O2. The second-order valence-corrected chi connectivity index (χ2v) is 6.38. The summed E-state index contributed by atoms with van der Waals surface area (Å²) in [6, 6.07) is 10.0. The lowest BCUT2D eigenvalue weighted by atomic mass is 10.1. The van der Waals surface area contributed by atoms with Gasteiger partial charge in [-0.25, -0.2) is 4.68 Å². The first-order chi connectivity index (χ1) is 12.1. The summed E-state index contributed by atoms with van der Waals surface area (Å²) in [7, 11) is 0. The molecule has 1 fully saturated rings. The summed E-state index contributed by atoms with van der Waals surface area (Å²) >= 11 is 0. The van der Waals surface area contributed by atoms with Crippen molar-refractivity contribution in [2.75, 3.05) is 19.6 Å². The van der Waals surface area contributed by atoms with E-state index < -0.39 is 0 Å². The Morgan fingerprint density at radius 1 is 1.20 bits per heavy atom. The van der Waals surface area contributed by atoms with E-state index in [4.69, 9.17) is 0 Å². The molecule has 1 aromatic heterocycles. The van der Waals surface area contributed by atoms with E-state index in [-0.39, 0.29) is 11.8 Å². The van der Waals surface area contributed by atoms with Gasteiger partial charge in [-0.2, -0.15) is 5.10 Å². The van der Waals surface area contributed by atoms with Gasteiger partial charge in [0.1, 0.15) is 0 Å². The van der Waals surface area contributed by atoms with Crippen molar-refractivity contribution in [3.8, 4) is 5.69 Å². The maximum Gasteiger partial charge on any atom is 0.222 e. The molecular weight excluding hydrogens is 316 g/mol. The molecule has 0 aliphatic carbocycles. The number of hydrogen-bond acceptors (Lipinski definition) is 3. The molecule has 6 heteroatoms. The Balaban J connectivity index is 1.68. The first-order valence-electron chi connectivity index (χ1n) is 8.71. The van der Waals surface area contributed by atoms with Crippen molar-refractivity contribution in [3.05, 3.63) is 47.3 Å². The van der Waals surface area contributed by atoms with Crippen LogP contribution in [0, 0.1) is 13.8 Å². The third-order valence-corrected chi connectivity index (χ3v) is 4.70. The summed E-state index contributed by atoms with van der Waals surface area (Å²) in [4.78, 5) is 25.7. The number of nitrogens with one attached hydrogen (secondary N) is 1. The normalized spacial score (nSPS) is 15.0. The summed E-state index contributed by atoms with van der Waals surface area (Å²) in [5.74, 6) is 0.119. The van der Waals surface area contributed by atoms with Crippen molar-refractivity contribution in [1.29, 1.82) is 0 Å². The lowest BCUT2D eigenvalue weighted by Crippen LogP contribution is -2.34. The maximum atomic E-state index is 12.5. The first-order valence-corrected chi connectivity index (χ1v) is 8.71. The molecule has 1 aromatic carbocycles. The standard InChI is InChI=1S/C19H24N4O2/c1-14-17(15(2)23(21-14)16-6-4-3-5-7-16)8-9-19(25)22-12-10-18(24)20-11-13-22/h3-7H,8-13H2,1-2H3,(H,20,24). The van der Waals surface area contributed by atoms with Crippen molar-refractivity contribution in [1.82, 2.24) is 20.0 Å². The van der Waals surface area contributed by atoms with Gasteiger partial charge < -0.3 is 10.2 Å². The van der Waals surface area contributed by atoms with Crippen LogP contribution >= 0.6 is 0 Å². The Labute approximate surface area is 147 Å². The van der Waals surface area contributed by atoms with Gasteiger partial charge in [0.25, 0.3) is 0 Å². The average molecular weight is 340 g/mol. The second-order valence-electron chi connectivity index (χ2n) is 6.38. The zero-order valence-corrected chi connectivity index (χ0v) is 14.8. The summed E-state index contributed by atoms with van der Waals surface area (Å²) < 4.78 is 1.93. The van der Waals surface area contributed by atoms with Crippen molar-refractivity contribution < 1.29 is 9.59 Å². The molecule has 2 amide bonds. The van der Waals surface area contributed by atoms with Gasteiger partial charge in [-0.15, -0.1) is 0 Å². The molecule has 1 saturated heterocycles. The maximum absolute atomic E-state index is 12.5. The van der Waals surface area contributed by atoms with E-state index in [9.17, 15) is 9.59 Å². The molecule has 6 nitrogen and oxygen atoms in total. The zero-order valence-electron chi connectivity index (χ0n) is 14.8. The Morgan fingerprint density at radius 2 is 1.96 bits per heavy atom. The third kappa shape index (κ3) is 3.90. The highest BCUT2D eigenvalue weighted by Crippen LogP contribution is 2.19. The lowest BCUT2D eigenvalue weighted by Gasteiger charge is -2.19. The van der Waals surface area contributed by atoms with E-state index in [1.54, 1.807) is 4.90 Å². The molecule has 0 saturated carbocycles. The van der Waals surface area contributed by atoms with Gasteiger partial charge in [0.15, 0.2) is 0 Å². The summed E-state index contributed by atoms with van der Waals surface area (Å²) in [6.07, 6.45) is 1.49. The molecule has 132 valence electrons. The molecule has 25 heavy (non-hydrogen) atoms. The van der Waals surface area contributed by atoms with Crippen LogP contribution in [0.2, 0.25) is 0 Å². The summed E-state index contributed by atoms with van der Waals surface area (Å²) in [6.45, 7) is 5.66. The van der Waals surface area contributed by atoms with E-state index in [1.807, 2.05) is 48.9 Å². The number of para-hydroxylation sites is 1. The number of aromatic nitrogens is 2. The Morgan fingerprint density at radius 3 is 2.72 bits per heavy atom. The van der Waals surface area contributed by atoms with Crippen LogP contribution in [0.1, 0.15) is 29.8 Å². The van der Waals surface area contributed by atoms with E-state index in [0.29, 0.717) is 38.9 Å². The number of benzene rings is 1. The molecule has 2 heterocycles. The fourth-order valence-electron chi connectivity index (χ4n) is 3.26. The van der Waals surface area contributed by atoms with Crippen molar-refractivity contribution in [2.45, 2.75) is 33.1 Å². The van der Waals surface area contributed by atoms with E-state index in [1.165, 1.54) is 0 Å². The molecule has 3 rings (SSSR count). The topological polar surface area (TPSA) is 67.2 Å². The first kappa shape index (κ1) is 17.2. The number of carbonyl (C=O) groups is 2. The quantitative estimate of drug-likeness (QED) is 0.922. The van der Waals surface area contributed by atoms with Crippen LogP contribution in [-0.4, -0.2) is 46.1 Å². The molecule has 1 aliphatic heterocycles. The van der Waals surface area contributed by atoms with Gasteiger partial charge in [0.2, 0.25) is 11.8 Å². The van der Waals surface area contributed by atoms with Crippen LogP contribution in [0.5, 0.6) is 0 Å². The smallest absolute Gasteiger partial charge is 0.222 e. The van der Waals surface area contributed by atoms with Gasteiger partial charge in [-0.1, -0.05) is 18.2 Å². The number of rotatable bonds is 4. The van der Waals surface area contributed by atoms with E-state index in [0.717, 1.165) is 22.6 Å². The van der Waals surface area contributed by atoms with Crippen LogP contribution < -0.4 is 5.32 Å². The highest BCUT2D eigenvalue weighted by molar-refractivity contribution is 5.80. The zero-order chi connectivity index (χ0) is 17.8. The molecule has 0 atom stereocenters. The van der Waals surface area contributed by atoms with Crippen molar-refractivity contribution in [3.63, 3.8) is 0 Å². The van der Waals surface area contributed by atoms with Gasteiger partial charge in [0, 0.05) is 38.2 Å². The van der Waals surface area contributed by atoms with Crippen LogP contribution in [0.3, 0.4) is 0 Å². The van der Waals surface area contributed by atoms with Gasteiger partial charge in [-0.05, 0) is 38.0 Å². The number of amides is 2. The van der Waals surface area contributed by atoms with Crippen LogP contribution in [0.4, 0.5) is 0 Å². The molecule has 0 unspecified atom stereocenters. The average Bonchev–Trinajstić information content (AvgIpc) is 2.76. The number of nitrogens with zero attached hydrogens (tertiary/aromatic N) is 3. The van der Waals surface area contributed by atoms with Gasteiger partial charge >= 0.3 is 0 Å². The predicted molar refractivity (Wildman–Crippen MR) is 95.6 cm³/mol. The van der Waals surface area contributed by atoms with Crippen molar-refractivity contribution >= 4 is 11.8 Å². The Kier molecular flexibility index (Phi) is 5.16. The van der Waals surface area contributed by atoms with Crippen LogP contribution in [-0.2, 0) is 16.0 Å². The minimum atomic E-state index is 0.0196. The molecule has 0 radical (unpaired) electrons. The highest BCUT2D eigenvalue weighted by atomic mass is 16.2. The lowest BCUT2D eigenvalue weighted by molar-refractivity contribution is -0.131. The predicted octanol–water partition coefficient (Wildman–Crippen LogP) is 1.77. The number of hydrogen-bond donors (Lipinski definition) is 1. The minimum absolute atomic E-state index is 0.0196. The fourth-order valence-corrected chi connectivity index (χ4v) is 3.26. The SMILES string of the molecule is Cc1nn(-c2ccccc2)c(C)c1CCC(=O)N1CCNC(=O)CC1. The van der Waals surface area contributed by atoms with Crippen LogP contribution in [0.15, 0.2) is 30.3 Å². The largest absolute Gasteiger partial charge is 0.354 e. The van der Waals surface area contributed by atoms with E-state index >= 15 is 0 Å². The Bertz CT molecular complexity index is 767.